The van der Waals surface area contributed by atoms with Gasteiger partial charge in [0, 0.05) is 25.2 Å². The summed E-state index contributed by atoms with van der Waals surface area (Å²) in [6, 6.07) is 5.37. The maximum Gasteiger partial charge on any atom is 0.329 e. The fraction of sp³-hybridized carbons (Fsp3) is 0.400. The van der Waals surface area contributed by atoms with E-state index in [0.29, 0.717) is 35.4 Å². The van der Waals surface area contributed by atoms with Crippen LogP contribution in [0.2, 0.25) is 5.02 Å². The molecule has 3 rings (SSSR count). The van der Waals surface area contributed by atoms with Gasteiger partial charge in [0.2, 0.25) is 0 Å². The normalized spacial score (nSPS) is 11.5. The van der Waals surface area contributed by atoms with Crippen molar-refractivity contribution in [2.75, 3.05) is 25.2 Å². The number of carbonyl (C=O) groups excluding carboxylic acids is 1. The second-order valence-corrected chi connectivity index (χ2v) is 8.79. The molecule has 0 saturated carbocycles. The lowest BCUT2D eigenvalue weighted by Crippen LogP contribution is -2.37. The van der Waals surface area contributed by atoms with E-state index in [0.717, 1.165) is 5.52 Å². The molecule has 2 aromatic heterocycles. The first-order valence-electron chi connectivity index (χ1n) is 9.66. The fourth-order valence-corrected chi connectivity index (χ4v) is 4.27. The number of rotatable bonds is 9. The molecule has 3 N–H and O–H groups in total. The predicted molar refractivity (Wildman–Crippen MR) is 122 cm³/mol. The second kappa shape index (κ2) is 9.71. The number of imidazole rings is 1. The highest BCUT2D eigenvalue weighted by Gasteiger charge is 2.21. The smallest absolute Gasteiger partial charge is 0.329 e. The van der Waals surface area contributed by atoms with Gasteiger partial charge >= 0.3 is 5.69 Å². The molecular weight excluding hydrogens is 442 g/mol. The predicted octanol–water partition coefficient (Wildman–Crippen LogP) is 2.40. The number of H-pyrrole nitrogens is 1. The van der Waals surface area contributed by atoms with Gasteiger partial charge in [-0.3, -0.25) is 19.1 Å². The van der Waals surface area contributed by atoms with Gasteiger partial charge in [0.05, 0.1) is 23.4 Å². The Kier molecular flexibility index (Phi) is 7.24. The number of benzene rings is 1. The summed E-state index contributed by atoms with van der Waals surface area (Å²) in [5.41, 5.74) is 5.97. The molecule has 0 radical (unpaired) electrons. The van der Waals surface area contributed by atoms with Crippen LogP contribution in [0.15, 0.2) is 32.9 Å². The van der Waals surface area contributed by atoms with Crippen molar-refractivity contribution in [3.05, 3.63) is 49.6 Å². The zero-order valence-electron chi connectivity index (χ0n) is 17.5. The molecule has 166 valence electrons. The topological polar surface area (TPSA) is 125 Å². The zero-order valence-corrected chi connectivity index (χ0v) is 19.0. The third-order valence-electron chi connectivity index (χ3n) is 4.59. The van der Waals surface area contributed by atoms with Gasteiger partial charge in [-0.25, -0.2) is 9.78 Å². The Morgan fingerprint density at radius 1 is 1.32 bits per heavy atom. The van der Waals surface area contributed by atoms with Crippen LogP contribution in [0.1, 0.15) is 24.2 Å². The number of ketones is 1. The third-order valence-corrected chi connectivity index (χ3v) is 5.80. The highest BCUT2D eigenvalue weighted by molar-refractivity contribution is 7.99. The van der Waals surface area contributed by atoms with Crippen LogP contribution in [0.4, 0.5) is 5.82 Å². The maximum atomic E-state index is 12.9. The summed E-state index contributed by atoms with van der Waals surface area (Å²) in [7, 11) is 1.60. The van der Waals surface area contributed by atoms with Gasteiger partial charge in [-0.15, -0.1) is 0 Å². The van der Waals surface area contributed by atoms with Gasteiger partial charge in [0.25, 0.3) is 5.56 Å². The summed E-state index contributed by atoms with van der Waals surface area (Å²) >= 11 is 7.26. The van der Waals surface area contributed by atoms with Crippen molar-refractivity contribution in [3.8, 4) is 0 Å². The Bertz CT molecular complexity index is 1230. The van der Waals surface area contributed by atoms with Crippen LogP contribution in [-0.2, 0) is 17.8 Å². The minimum atomic E-state index is -0.784. The molecule has 11 heteroatoms. The SMILES string of the molecule is COCCn1c(SCC(=O)c2c(N)n(CC(C)C)c(=O)[nH]c2=O)nc2cc(Cl)ccc21. The number of nitrogens with zero attached hydrogens (tertiary/aromatic N) is 3. The van der Waals surface area contributed by atoms with Crippen LogP contribution in [0, 0.1) is 5.92 Å². The molecule has 1 aromatic carbocycles. The van der Waals surface area contributed by atoms with E-state index in [1.807, 2.05) is 24.5 Å². The zero-order chi connectivity index (χ0) is 22.7. The van der Waals surface area contributed by atoms with E-state index in [-0.39, 0.29) is 23.1 Å². The summed E-state index contributed by atoms with van der Waals surface area (Å²) in [6.45, 7) is 5.11. The summed E-state index contributed by atoms with van der Waals surface area (Å²) < 4.78 is 8.33. The number of methoxy groups -OCH3 is 1. The number of nitrogens with one attached hydrogen (secondary N) is 1. The van der Waals surface area contributed by atoms with Gasteiger partial charge in [0.15, 0.2) is 10.9 Å². The lowest BCUT2D eigenvalue weighted by molar-refractivity contribution is 0.102. The van der Waals surface area contributed by atoms with Crippen LogP contribution in [0.5, 0.6) is 0 Å². The molecule has 0 fully saturated rings. The number of thioether (sulfide) groups is 1. The highest BCUT2D eigenvalue weighted by Crippen LogP contribution is 2.27. The third kappa shape index (κ3) is 5.03. The number of Topliss-reactive ketones (excluding diaryl/α,β-unsaturated/α-hetero) is 1. The lowest BCUT2D eigenvalue weighted by Gasteiger charge is -2.14. The Hall–Kier alpha value is -2.56. The number of anilines is 1. The molecule has 0 aliphatic heterocycles. The Morgan fingerprint density at radius 2 is 2.06 bits per heavy atom. The summed E-state index contributed by atoms with van der Waals surface area (Å²) in [6.07, 6.45) is 0. The Morgan fingerprint density at radius 3 is 2.74 bits per heavy atom. The molecule has 2 heterocycles. The van der Waals surface area contributed by atoms with Crippen LogP contribution in [-0.4, -0.2) is 44.4 Å². The maximum absolute atomic E-state index is 12.9. The standard InChI is InChI=1S/C20H24ClN5O4S/c1-11(2)9-26-17(22)16(18(28)24-19(26)29)15(27)10-31-20-23-13-8-12(21)4-5-14(13)25(20)6-7-30-3/h4-5,8,11H,6-7,9-10,22H2,1-3H3,(H,24,28,29). The molecule has 31 heavy (non-hydrogen) atoms. The molecule has 3 aromatic rings. The Labute approximate surface area is 187 Å². The number of nitrogen functional groups attached to an aromatic ring is 1. The minimum Gasteiger partial charge on any atom is -0.384 e. The van der Waals surface area contributed by atoms with Gasteiger partial charge in [-0.1, -0.05) is 37.2 Å². The van der Waals surface area contributed by atoms with E-state index >= 15 is 0 Å². The molecular formula is C20H24ClN5O4S. The molecule has 0 spiro atoms. The molecule has 0 saturated heterocycles. The first-order valence-corrected chi connectivity index (χ1v) is 11.0. The van der Waals surface area contributed by atoms with Gasteiger partial charge in [-0.05, 0) is 24.1 Å². The number of hydrogen-bond donors (Lipinski definition) is 2. The minimum absolute atomic E-state index is 0.0722. The van der Waals surface area contributed by atoms with Crippen molar-refractivity contribution in [2.24, 2.45) is 5.92 Å². The lowest BCUT2D eigenvalue weighted by atomic mass is 10.2. The van der Waals surface area contributed by atoms with Crippen molar-refractivity contribution >= 4 is 46.0 Å². The van der Waals surface area contributed by atoms with Crippen LogP contribution < -0.4 is 17.0 Å². The fourth-order valence-electron chi connectivity index (χ4n) is 3.20. The van der Waals surface area contributed by atoms with E-state index in [2.05, 4.69) is 9.97 Å². The van der Waals surface area contributed by atoms with Crippen molar-refractivity contribution < 1.29 is 9.53 Å². The monoisotopic (exact) mass is 465 g/mol. The van der Waals surface area contributed by atoms with E-state index < -0.39 is 17.0 Å². The van der Waals surface area contributed by atoms with Crippen LogP contribution >= 0.6 is 23.4 Å². The number of carbonyl (C=O) groups is 1. The van der Waals surface area contributed by atoms with Crippen molar-refractivity contribution in [1.29, 1.82) is 0 Å². The number of ether oxygens (including phenoxy) is 1. The number of hydrogen-bond acceptors (Lipinski definition) is 7. The van der Waals surface area contributed by atoms with E-state index in [4.69, 9.17) is 22.1 Å². The molecule has 0 atom stereocenters. The summed E-state index contributed by atoms with van der Waals surface area (Å²) in [4.78, 5) is 44.0. The number of nitrogens with two attached hydrogens (primary N) is 1. The van der Waals surface area contributed by atoms with Gasteiger partial charge in [0.1, 0.15) is 11.4 Å². The van der Waals surface area contributed by atoms with E-state index in [1.165, 1.54) is 16.3 Å². The number of fused-ring (bicyclic) bond motifs is 1. The number of halogens is 1. The quantitative estimate of drug-likeness (QED) is 0.367. The van der Waals surface area contributed by atoms with Crippen LogP contribution in [0.25, 0.3) is 11.0 Å². The number of aromatic nitrogens is 4. The molecule has 0 amide bonds. The van der Waals surface area contributed by atoms with Crippen molar-refractivity contribution in [2.45, 2.75) is 32.1 Å². The van der Waals surface area contributed by atoms with E-state index in [9.17, 15) is 14.4 Å². The van der Waals surface area contributed by atoms with Crippen molar-refractivity contribution in [1.82, 2.24) is 19.1 Å². The first kappa shape index (κ1) is 23.1. The molecule has 0 bridgehead atoms. The molecule has 9 nitrogen and oxygen atoms in total. The summed E-state index contributed by atoms with van der Waals surface area (Å²) in [5.74, 6) is -0.565. The average molecular weight is 466 g/mol. The Balaban J connectivity index is 1.91. The van der Waals surface area contributed by atoms with Crippen molar-refractivity contribution in [3.63, 3.8) is 0 Å². The van der Waals surface area contributed by atoms with Crippen LogP contribution in [0.3, 0.4) is 0 Å². The molecule has 0 aliphatic rings. The largest absolute Gasteiger partial charge is 0.384 e. The van der Waals surface area contributed by atoms with Gasteiger partial charge < -0.3 is 15.0 Å². The second-order valence-electron chi connectivity index (χ2n) is 7.41. The molecule has 0 aliphatic carbocycles. The average Bonchev–Trinajstić information content (AvgIpc) is 3.04. The van der Waals surface area contributed by atoms with Gasteiger partial charge in [-0.2, -0.15) is 0 Å². The highest BCUT2D eigenvalue weighted by atomic mass is 35.5. The first-order chi connectivity index (χ1) is 14.7. The summed E-state index contributed by atoms with van der Waals surface area (Å²) in [5, 5.41) is 1.15. The van der Waals surface area contributed by atoms with E-state index in [1.54, 1.807) is 19.2 Å². The number of aromatic amines is 1. The molecule has 0 unspecified atom stereocenters.